The number of hydrogen-bond donors (Lipinski definition) is 1. The third-order valence-corrected chi connectivity index (χ3v) is 4.64. The maximum Gasteiger partial charge on any atom is 0.253 e. The highest BCUT2D eigenvalue weighted by molar-refractivity contribution is 6.02. The molecule has 0 spiro atoms. The molecule has 27 heavy (non-hydrogen) atoms. The van der Waals surface area contributed by atoms with E-state index in [1.807, 2.05) is 35.2 Å². The molecule has 0 unspecified atom stereocenters. The summed E-state index contributed by atoms with van der Waals surface area (Å²) < 4.78 is 5.65. The average Bonchev–Trinajstić information content (AvgIpc) is 3.36. The van der Waals surface area contributed by atoms with Gasteiger partial charge in [0, 0.05) is 35.8 Å². The van der Waals surface area contributed by atoms with Gasteiger partial charge in [0.2, 0.25) is 5.91 Å². The first-order chi connectivity index (χ1) is 13.2. The summed E-state index contributed by atoms with van der Waals surface area (Å²) in [6, 6.07) is 16.6. The Morgan fingerprint density at radius 2 is 1.74 bits per heavy atom. The summed E-state index contributed by atoms with van der Waals surface area (Å²) in [6.07, 6.45) is 5.20. The van der Waals surface area contributed by atoms with Crippen molar-refractivity contribution in [3.8, 4) is 0 Å². The third-order valence-electron chi connectivity index (χ3n) is 4.64. The summed E-state index contributed by atoms with van der Waals surface area (Å²) in [4.78, 5) is 26.3. The standard InChI is InChI=1S/C22H20N2O3/c25-21(12-11-19-15-17-5-1-2-6-20(17)27-19)23-18-9-7-16(8-10-18)22(26)24-13-3-4-14-24/h1-2,5-12,15H,3-4,13-14H2,(H,23,25)/b12-11+. The number of carbonyl (C=O) groups is 2. The number of fused-ring (bicyclic) bond motifs is 1. The van der Waals surface area contributed by atoms with Gasteiger partial charge in [-0.25, -0.2) is 0 Å². The van der Waals surface area contributed by atoms with Crippen LogP contribution in [0.15, 0.2) is 65.1 Å². The highest BCUT2D eigenvalue weighted by atomic mass is 16.3. The number of nitrogens with one attached hydrogen (secondary N) is 1. The van der Waals surface area contributed by atoms with Crippen molar-refractivity contribution in [2.45, 2.75) is 12.8 Å². The summed E-state index contributed by atoms with van der Waals surface area (Å²) in [5, 5.41) is 3.79. The second-order valence-electron chi connectivity index (χ2n) is 6.59. The van der Waals surface area contributed by atoms with E-state index in [-0.39, 0.29) is 11.8 Å². The summed E-state index contributed by atoms with van der Waals surface area (Å²) in [7, 11) is 0. The largest absolute Gasteiger partial charge is 0.457 e. The first kappa shape index (κ1) is 17.1. The molecule has 0 aliphatic carbocycles. The number of likely N-dealkylation sites (tertiary alicyclic amines) is 1. The van der Waals surface area contributed by atoms with E-state index in [0.29, 0.717) is 17.0 Å². The van der Waals surface area contributed by atoms with Crippen LogP contribution in [0.25, 0.3) is 17.0 Å². The lowest BCUT2D eigenvalue weighted by atomic mass is 10.2. The summed E-state index contributed by atoms with van der Waals surface area (Å²) in [6.45, 7) is 1.65. The molecule has 1 aromatic heterocycles. The fourth-order valence-corrected chi connectivity index (χ4v) is 3.23. The molecule has 0 atom stereocenters. The fourth-order valence-electron chi connectivity index (χ4n) is 3.23. The lowest BCUT2D eigenvalue weighted by Crippen LogP contribution is -2.27. The molecule has 1 aliphatic heterocycles. The number of amides is 2. The first-order valence-corrected chi connectivity index (χ1v) is 9.06. The zero-order valence-electron chi connectivity index (χ0n) is 14.9. The summed E-state index contributed by atoms with van der Waals surface area (Å²) in [5.74, 6) is 0.419. The van der Waals surface area contributed by atoms with Gasteiger partial charge in [-0.2, -0.15) is 0 Å². The molecule has 136 valence electrons. The smallest absolute Gasteiger partial charge is 0.253 e. The maximum absolute atomic E-state index is 12.3. The van der Waals surface area contributed by atoms with Gasteiger partial charge in [-0.15, -0.1) is 0 Å². The zero-order chi connectivity index (χ0) is 18.6. The average molecular weight is 360 g/mol. The highest BCUT2D eigenvalue weighted by Crippen LogP contribution is 2.20. The Bertz CT molecular complexity index is 963. The second-order valence-corrected chi connectivity index (χ2v) is 6.59. The van der Waals surface area contributed by atoms with Crippen molar-refractivity contribution in [1.82, 2.24) is 4.90 Å². The highest BCUT2D eigenvalue weighted by Gasteiger charge is 2.19. The summed E-state index contributed by atoms with van der Waals surface area (Å²) >= 11 is 0. The number of rotatable bonds is 4. The molecule has 2 aromatic carbocycles. The number of para-hydroxylation sites is 1. The van der Waals surface area contributed by atoms with Gasteiger partial charge >= 0.3 is 0 Å². The molecule has 5 nitrogen and oxygen atoms in total. The Kier molecular flexibility index (Phi) is 4.75. The Balaban J connectivity index is 1.38. The fraction of sp³-hybridized carbons (Fsp3) is 0.182. The Morgan fingerprint density at radius 1 is 1.00 bits per heavy atom. The van der Waals surface area contributed by atoms with E-state index >= 15 is 0 Å². The van der Waals surface area contributed by atoms with Crippen molar-refractivity contribution >= 4 is 34.5 Å². The van der Waals surface area contributed by atoms with E-state index in [0.717, 1.165) is 36.9 Å². The van der Waals surface area contributed by atoms with E-state index in [2.05, 4.69) is 5.32 Å². The summed E-state index contributed by atoms with van der Waals surface area (Å²) in [5.41, 5.74) is 2.08. The molecule has 0 radical (unpaired) electrons. The molecule has 1 fully saturated rings. The first-order valence-electron chi connectivity index (χ1n) is 9.06. The third kappa shape index (κ3) is 3.92. The second kappa shape index (κ2) is 7.50. The van der Waals surface area contributed by atoms with E-state index < -0.39 is 0 Å². The predicted octanol–water partition coefficient (Wildman–Crippen LogP) is 4.32. The van der Waals surface area contributed by atoms with Crippen LogP contribution in [0.2, 0.25) is 0 Å². The van der Waals surface area contributed by atoms with Gasteiger partial charge in [-0.1, -0.05) is 18.2 Å². The molecule has 5 heteroatoms. The predicted molar refractivity (Wildman–Crippen MR) is 105 cm³/mol. The van der Waals surface area contributed by atoms with Gasteiger partial charge in [-0.3, -0.25) is 9.59 Å². The zero-order valence-corrected chi connectivity index (χ0v) is 14.9. The van der Waals surface area contributed by atoms with Crippen LogP contribution >= 0.6 is 0 Å². The van der Waals surface area contributed by atoms with Crippen LogP contribution in [-0.2, 0) is 4.79 Å². The number of benzene rings is 2. The van der Waals surface area contributed by atoms with Gasteiger partial charge < -0.3 is 14.6 Å². The van der Waals surface area contributed by atoms with Crippen LogP contribution in [0, 0.1) is 0 Å². The number of anilines is 1. The number of furan rings is 1. The van der Waals surface area contributed by atoms with Gasteiger partial charge in [0.25, 0.3) is 5.91 Å². The molecular formula is C22H20N2O3. The van der Waals surface area contributed by atoms with Crippen LogP contribution in [-0.4, -0.2) is 29.8 Å². The van der Waals surface area contributed by atoms with Crippen LogP contribution in [0.4, 0.5) is 5.69 Å². The maximum atomic E-state index is 12.3. The van der Waals surface area contributed by atoms with Crippen LogP contribution in [0.3, 0.4) is 0 Å². The number of nitrogens with zero attached hydrogens (tertiary/aromatic N) is 1. The molecular weight excluding hydrogens is 340 g/mol. The molecule has 3 aromatic rings. The molecule has 0 bridgehead atoms. The van der Waals surface area contributed by atoms with Gasteiger partial charge in [0.05, 0.1) is 0 Å². The van der Waals surface area contributed by atoms with Crippen molar-refractivity contribution in [2.75, 3.05) is 18.4 Å². The van der Waals surface area contributed by atoms with Crippen molar-refractivity contribution in [3.63, 3.8) is 0 Å². The van der Waals surface area contributed by atoms with Crippen molar-refractivity contribution < 1.29 is 14.0 Å². The monoisotopic (exact) mass is 360 g/mol. The van der Waals surface area contributed by atoms with E-state index in [1.165, 1.54) is 6.08 Å². The minimum atomic E-state index is -0.255. The molecule has 1 aliphatic rings. The minimum Gasteiger partial charge on any atom is -0.457 e. The van der Waals surface area contributed by atoms with Crippen molar-refractivity contribution in [3.05, 3.63) is 72.0 Å². The molecule has 2 amide bonds. The molecule has 4 rings (SSSR count). The van der Waals surface area contributed by atoms with Gasteiger partial charge in [0.1, 0.15) is 11.3 Å². The lowest BCUT2D eigenvalue weighted by molar-refractivity contribution is -0.111. The van der Waals surface area contributed by atoms with E-state index in [4.69, 9.17) is 4.42 Å². The lowest BCUT2D eigenvalue weighted by Gasteiger charge is -2.15. The Morgan fingerprint density at radius 3 is 2.48 bits per heavy atom. The molecule has 1 N–H and O–H groups in total. The molecule has 1 saturated heterocycles. The number of hydrogen-bond acceptors (Lipinski definition) is 3. The number of carbonyl (C=O) groups excluding carboxylic acids is 2. The van der Waals surface area contributed by atoms with Crippen molar-refractivity contribution in [2.24, 2.45) is 0 Å². The minimum absolute atomic E-state index is 0.0511. The van der Waals surface area contributed by atoms with Crippen molar-refractivity contribution in [1.29, 1.82) is 0 Å². The molecule has 2 heterocycles. The Hall–Kier alpha value is -3.34. The normalized spacial score (nSPS) is 14.1. The van der Waals surface area contributed by atoms with E-state index in [1.54, 1.807) is 30.3 Å². The molecule has 0 saturated carbocycles. The van der Waals surface area contributed by atoms with Crippen LogP contribution in [0.1, 0.15) is 29.0 Å². The van der Waals surface area contributed by atoms with Gasteiger partial charge in [-0.05, 0) is 55.3 Å². The topological polar surface area (TPSA) is 62.6 Å². The van der Waals surface area contributed by atoms with Gasteiger partial charge in [0.15, 0.2) is 0 Å². The van der Waals surface area contributed by atoms with Crippen LogP contribution < -0.4 is 5.32 Å². The SMILES string of the molecule is O=C(/C=C/c1cc2ccccc2o1)Nc1ccc(C(=O)N2CCCC2)cc1. The van der Waals surface area contributed by atoms with Crippen LogP contribution in [0.5, 0.6) is 0 Å². The Labute approximate surface area is 157 Å². The quantitative estimate of drug-likeness (QED) is 0.705. The van der Waals surface area contributed by atoms with E-state index in [9.17, 15) is 9.59 Å².